The molecule has 1 amide bonds. The van der Waals surface area contributed by atoms with Crippen molar-refractivity contribution in [1.82, 2.24) is 10.2 Å². The van der Waals surface area contributed by atoms with Crippen LogP contribution in [0.5, 0.6) is 5.75 Å². The van der Waals surface area contributed by atoms with E-state index in [9.17, 15) is 4.79 Å². The molecule has 0 saturated carbocycles. The highest BCUT2D eigenvalue weighted by molar-refractivity contribution is 6.06. The summed E-state index contributed by atoms with van der Waals surface area (Å²) in [5.41, 5.74) is 3.77. The van der Waals surface area contributed by atoms with Crippen LogP contribution in [0.15, 0.2) is 18.2 Å². The smallest absolute Gasteiger partial charge is 0.259 e. The van der Waals surface area contributed by atoms with Crippen LogP contribution in [-0.2, 0) is 0 Å². The van der Waals surface area contributed by atoms with E-state index in [0.29, 0.717) is 11.3 Å². The van der Waals surface area contributed by atoms with Crippen molar-refractivity contribution in [3.8, 4) is 5.75 Å². The topological polar surface area (TPSA) is 67.0 Å². The summed E-state index contributed by atoms with van der Waals surface area (Å²) in [6.07, 6.45) is 0. The summed E-state index contributed by atoms with van der Waals surface area (Å²) in [5, 5.41) is 9.72. The van der Waals surface area contributed by atoms with Crippen LogP contribution in [0.4, 0.5) is 5.69 Å². The standard InChI is InChI=1S/C14H17N3O2/c1-8-7-11(19-4)5-6-12(8)15-14(18)13-9(2)16-17-10(13)3/h5-7H,1-4H3,(H,15,18)(H,16,17). The van der Waals surface area contributed by atoms with Gasteiger partial charge in [0.15, 0.2) is 0 Å². The summed E-state index contributed by atoms with van der Waals surface area (Å²) in [5.74, 6) is 0.614. The molecule has 100 valence electrons. The van der Waals surface area contributed by atoms with Crippen molar-refractivity contribution in [2.24, 2.45) is 0 Å². The van der Waals surface area contributed by atoms with Crippen LogP contribution < -0.4 is 10.1 Å². The van der Waals surface area contributed by atoms with Gasteiger partial charge in [0.05, 0.1) is 18.4 Å². The Morgan fingerprint density at radius 2 is 2.05 bits per heavy atom. The summed E-state index contributed by atoms with van der Waals surface area (Å²) in [4.78, 5) is 12.2. The van der Waals surface area contributed by atoms with E-state index in [0.717, 1.165) is 22.7 Å². The Kier molecular flexibility index (Phi) is 3.55. The van der Waals surface area contributed by atoms with Gasteiger partial charge in [0, 0.05) is 11.4 Å². The zero-order valence-corrected chi connectivity index (χ0v) is 11.5. The Labute approximate surface area is 112 Å². The molecule has 0 fully saturated rings. The number of carbonyl (C=O) groups excluding carboxylic acids is 1. The summed E-state index contributed by atoms with van der Waals surface area (Å²) < 4.78 is 5.14. The van der Waals surface area contributed by atoms with E-state index in [4.69, 9.17) is 4.74 Å². The summed E-state index contributed by atoms with van der Waals surface area (Å²) in [7, 11) is 1.62. The van der Waals surface area contributed by atoms with Crippen molar-refractivity contribution >= 4 is 11.6 Å². The first-order chi connectivity index (χ1) is 9.02. The molecular formula is C14H17N3O2. The van der Waals surface area contributed by atoms with Crippen LogP contribution in [0.25, 0.3) is 0 Å². The molecule has 0 atom stereocenters. The van der Waals surface area contributed by atoms with Crippen LogP contribution in [-0.4, -0.2) is 23.2 Å². The molecule has 0 bridgehead atoms. The Morgan fingerprint density at radius 1 is 1.32 bits per heavy atom. The van der Waals surface area contributed by atoms with E-state index >= 15 is 0 Å². The van der Waals surface area contributed by atoms with Crippen LogP contribution in [0.3, 0.4) is 0 Å². The lowest BCUT2D eigenvalue weighted by Crippen LogP contribution is -2.14. The number of aromatic amines is 1. The molecule has 0 aliphatic heterocycles. The molecule has 2 aromatic rings. The third-order valence-electron chi connectivity index (χ3n) is 3.04. The predicted octanol–water partition coefficient (Wildman–Crippen LogP) is 2.60. The number of ether oxygens (including phenoxy) is 1. The Balaban J connectivity index is 2.24. The number of anilines is 1. The second-order valence-electron chi connectivity index (χ2n) is 4.44. The SMILES string of the molecule is COc1ccc(NC(=O)c2c(C)n[nH]c2C)c(C)c1. The van der Waals surface area contributed by atoms with Gasteiger partial charge in [0.2, 0.25) is 0 Å². The van der Waals surface area contributed by atoms with Gasteiger partial charge in [0.1, 0.15) is 5.75 Å². The molecule has 0 aliphatic carbocycles. The number of hydrogen-bond donors (Lipinski definition) is 2. The summed E-state index contributed by atoms with van der Waals surface area (Å²) >= 11 is 0. The monoisotopic (exact) mass is 259 g/mol. The quantitative estimate of drug-likeness (QED) is 0.890. The number of H-pyrrole nitrogens is 1. The number of amides is 1. The summed E-state index contributed by atoms with van der Waals surface area (Å²) in [6, 6.07) is 5.53. The molecule has 2 rings (SSSR count). The molecule has 5 heteroatoms. The summed E-state index contributed by atoms with van der Waals surface area (Å²) in [6.45, 7) is 5.56. The first kappa shape index (κ1) is 13.1. The molecule has 1 heterocycles. The molecule has 5 nitrogen and oxygen atoms in total. The van der Waals surface area contributed by atoms with Gasteiger partial charge in [-0.1, -0.05) is 0 Å². The van der Waals surface area contributed by atoms with Crippen LogP contribution >= 0.6 is 0 Å². The lowest BCUT2D eigenvalue weighted by molar-refractivity contribution is 0.102. The fourth-order valence-electron chi connectivity index (χ4n) is 1.97. The molecule has 19 heavy (non-hydrogen) atoms. The predicted molar refractivity (Wildman–Crippen MR) is 73.7 cm³/mol. The number of nitrogens with zero attached hydrogens (tertiary/aromatic N) is 1. The Hall–Kier alpha value is -2.30. The van der Waals surface area contributed by atoms with Crippen molar-refractivity contribution in [3.63, 3.8) is 0 Å². The molecular weight excluding hydrogens is 242 g/mol. The maximum absolute atomic E-state index is 12.2. The highest BCUT2D eigenvalue weighted by atomic mass is 16.5. The van der Waals surface area contributed by atoms with E-state index in [1.165, 1.54) is 0 Å². The molecule has 0 unspecified atom stereocenters. The van der Waals surface area contributed by atoms with E-state index in [2.05, 4.69) is 15.5 Å². The van der Waals surface area contributed by atoms with E-state index in [1.807, 2.05) is 32.0 Å². The second-order valence-corrected chi connectivity index (χ2v) is 4.44. The van der Waals surface area contributed by atoms with Crippen LogP contribution in [0, 0.1) is 20.8 Å². The van der Waals surface area contributed by atoms with Gasteiger partial charge in [-0.3, -0.25) is 9.89 Å². The number of rotatable bonds is 3. The molecule has 0 radical (unpaired) electrons. The van der Waals surface area contributed by atoms with Gasteiger partial charge in [0.25, 0.3) is 5.91 Å². The van der Waals surface area contributed by atoms with Crippen molar-refractivity contribution in [2.45, 2.75) is 20.8 Å². The maximum Gasteiger partial charge on any atom is 0.259 e. The first-order valence-electron chi connectivity index (χ1n) is 6.00. The third-order valence-corrected chi connectivity index (χ3v) is 3.04. The van der Waals surface area contributed by atoms with Gasteiger partial charge in [-0.25, -0.2) is 0 Å². The highest BCUT2D eigenvalue weighted by Crippen LogP contribution is 2.22. The van der Waals surface area contributed by atoms with Gasteiger partial charge in [-0.2, -0.15) is 5.10 Å². The van der Waals surface area contributed by atoms with Gasteiger partial charge in [-0.15, -0.1) is 0 Å². The van der Waals surface area contributed by atoms with E-state index in [-0.39, 0.29) is 5.91 Å². The van der Waals surface area contributed by atoms with Crippen molar-refractivity contribution in [2.75, 3.05) is 12.4 Å². The van der Waals surface area contributed by atoms with Crippen LogP contribution in [0.1, 0.15) is 27.3 Å². The maximum atomic E-state index is 12.2. The Morgan fingerprint density at radius 3 is 2.58 bits per heavy atom. The number of benzene rings is 1. The van der Waals surface area contributed by atoms with Crippen LogP contribution in [0.2, 0.25) is 0 Å². The van der Waals surface area contributed by atoms with Crippen molar-refractivity contribution in [1.29, 1.82) is 0 Å². The molecule has 0 saturated heterocycles. The minimum absolute atomic E-state index is 0.156. The number of carbonyl (C=O) groups is 1. The fourth-order valence-corrected chi connectivity index (χ4v) is 1.97. The zero-order valence-electron chi connectivity index (χ0n) is 11.5. The van der Waals surface area contributed by atoms with Gasteiger partial charge in [-0.05, 0) is 44.5 Å². The molecule has 1 aromatic heterocycles. The average Bonchev–Trinajstić information content (AvgIpc) is 2.71. The molecule has 0 spiro atoms. The fraction of sp³-hybridized carbons (Fsp3) is 0.286. The van der Waals surface area contributed by atoms with Gasteiger partial charge < -0.3 is 10.1 Å². The molecule has 2 N–H and O–H groups in total. The number of aromatic nitrogens is 2. The second kappa shape index (κ2) is 5.14. The Bertz CT molecular complexity index is 598. The van der Waals surface area contributed by atoms with E-state index in [1.54, 1.807) is 14.0 Å². The number of aryl methyl sites for hydroxylation is 3. The lowest BCUT2D eigenvalue weighted by Gasteiger charge is -2.10. The zero-order chi connectivity index (χ0) is 14.0. The van der Waals surface area contributed by atoms with E-state index < -0.39 is 0 Å². The number of hydrogen-bond acceptors (Lipinski definition) is 3. The lowest BCUT2D eigenvalue weighted by atomic mass is 10.1. The largest absolute Gasteiger partial charge is 0.497 e. The van der Waals surface area contributed by atoms with Crippen molar-refractivity contribution < 1.29 is 9.53 Å². The minimum Gasteiger partial charge on any atom is -0.497 e. The van der Waals surface area contributed by atoms with Crippen molar-refractivity contribution in [3.05, 3.63) is 40.7 Å². The number of nitrogens with one attached hydrogen (secondary N) is 2. The minimum atomic E-state index is -0.156. The third kappa shape index (κ3) is 2.59. The average molecular weight is 259 g/mol. The highest BCUT2D eigenvalue weighted by Gasteiger charge is 2.16. The molecule has 1 aromatic carbocycles. The number of methoxy groups -OCH3 is 1. The normalized spacial score (nSPS) is 10.3. The van der Waals surface area contributed by atoms with Gasteiger partial charge >= 0.3 is 0 Å². The molecule has 0 aliphatic rings. The first-order valence-corrected chi connectivity index (χ1v) is 6.00.